The molecule has 4 rings (SSSR count). The number of hydrogen-bond donors (Lipinski definition) is 0. The van der Waals surface area contributed by atoms with Crippen LogP contribution in [-0.4, -0.2) is 42.1 Å². The van der Waals surface area contributed by atoms with Crippen molar-refractivity contribution in [1.82, 2.24) is 9.55 Å². The zero-order chi connectivity index (χ0) is 17.2. The van der Waals surface area contributed by atoms with Gasteiger partial charge in [-0.1, -0.05) is 5.92 Å². The summed E-state index contributed by atoms with van der Waals surface area (Å²) in [5, 5.41) is 0. The van der Waals surface area contributed by atoms with Crippen molar-refractivity contribution < 1.29 is 14.2 Å². The molecular formula is C18H18N2O4S. The molecule has 0 spiro atoms. The fraction of sp³-hybridized carbons (Fsp3) is 0.444. The topological polar surface area (TPSA) is 62.6 Å². The van der Waals surface area contributed by atoms with Crippen LogP contribution in [0.2, 0.25) is 0 Å². The van der Waals surface area contributed by atoms with Crippen LogP contribution in [0.4, 0.5) is 0 Å². The van der Waals surface area contributed by atoms with Gasteiger partial charge in [-0.05, 0) is 25.0 Å². The van der Waals surface area contributed by atoms with Gasteiger partial charge in [0.25, 0.3) is 0 Å². The van der Waals surface area contributed by atoms with Crippen molar-refractivity contribution >= 4 is 11.3 Å². The molecule has 4 heterocycles. The summed E-state index contributed by atoms with van der Waals surface area (Å²) in [5.74, 6) is 6.35. The van der Waals surface area contributed by atoms with Gasteiger partial charge < -0.3 is 14.2 Å². The van der Waals surface area contributed by atoms with E-state index in [1.54, 1.807) is 15.9 Å². The Morgan fingerprint density at radius 1 is 1.44 bits per heavy atom. The lowest BCUT2D eigenvalue weighted by Gasteiger charge is -2.23. The van der Waals surface area contributed by atoms with E-state index >= 15 is 0 Å². The number of fused-ring (bicyclic) bond motifs is 3. The van der Waals surface area contributed by atoms with Crippen LogP contribution >= 0.6 is 11.3 Å². The first-order valence-electron chi connectivity index (χ1n) is 8.24. The highest BCUT2D eigenvalue weighted by Gasteiger charge is 2.22. The maximum atomic E-state index is 12.4. The fourth-order valence-electron chi connectivity index (χ4n) is 3.02. The Bertz CT molecular complexity index is 900. The van der Waals surface area contributed by atoms with E-state index in [0.29, 0.717) is 38.9 Å². The number of aryl methyl sites for hydroxylation is 1. The number of nitrogens with zero attached hydrogens (tertiary/aromatic N) is 2. The molecule has 0 radical (unpaired) electrons. The Morgan fingerprint density at radius 3 is 3.16 bits per heavy atom. The zero-order valence-corrected chi connectivity index (χ0v) is 14.7. The van der Waals surface area contributed by atoms with Crippen molar-refractivity contribution in [2.24, 2.45) is 0 Å². The van der Waals surface area contributed by atoms with Crippen LogP contribution in [-0.2, 0) is 22.4 Å². The molecule has 0 aliphatic carbocycles. The Labute approximate surface area is 149 Å². The number of aromatic nitrogens is 2. The second-order valence-electron chi connectivity index (χ2n) is 5.88. The van der Waals surface area contributed by atoms with Crippen LogP contribution in [0.25, 0.3) is 10.6 Å². The molecule has 1 fully saturated rings. The summed E-state index contributed by atoms with van der Waals surface area (Å²) in [6, 6.07) is 3.95. The Hall–Kier alpha value is -2.14. The predicted molar refractivity (Wildman–Crippen MR) is 94.1 cm³/mol. The van der Waals surface area contributed by atoms with Crippen molar-refractivity contribution in [2.45, 2.75) is 26.0 Å². The van der Waals surface area contributed by atoms with E-state index in [-0.39, 0.29) is 11.8 Å². The predicted octanol–water partition coefficient (Wildman–Crippen LogP) is 1.69. The number of hydrogen-bond acceptors (Lipinski definition) is 6. The summed E-state index contributed by atoms with van der Waals surface area (Å²) in [6.45, 7) is 4.44. The third-order valence-corrected chi connectivity index (χ3v) is 5.30. The highest BCUT2D eigenvalue weighted by atomic mass is 32.1. The van der Waals surface area contributed by atoms with E-state index in [9.17, 15) is 4.79 Å². The average Bonchev–Trinajstić information content (AvgIpc) is 3.04. The minimum atomic E-state index is -0.282. The van der Waals surface area contributed by atoms with E-state index in [2.05, 4.69) is 22.9 Å². The lowest BCUT2D eigenvalue weighted by molar-refractivity contribution is -0.102. The van der Waals surface area contributed by atoms with Gasteiger partial charge in [-0.25, -0.2) is 4.79 Å². The normalized spacial score (nSPS) is 18.7. The van der Waals surface area contributed by atoms with Crippen LogP contribution in [0.5, 0.6) is 5.88 Å². The Balaban J connectivity index is 1.62. The summed E-state index contributed by atoms with van der Waals surface area (Å²) in [7, 11) is 0. The molecule has 2 aliphatic heterocycles. The summed E-state index contributed by atoms with van der Waals surface area (Å²) < 4.78 is 18.3. The number of rotatable bonds is 3. The van der Waals surface area contributed by atoms with Crippen molar-refractivity contribution in [2.75, 3.05) is 26.4 Å². The van der Waals surface area contributed by atoms with Gasteiger partial charge in [0.05, 0.1) is 35.3 Å². The van der Waals surface area contributed by atoms with Crippen molar-refractivity contribution in [3.05, 3.63) is 33.1 Å². The van der Waals surface area contributed by atoms with Crippen LogP contribution in [0.3, 0.4) is 0 Å². The summed E-state index contributed by atoms with van der Waals surface area (Å²) >= 11 is 1.60. The van der Waals surface area contributed by atoms with Crippen LogP contribution in [0, 0.1) is 11.8 Å². The second kappa shape index (κ2) is 7.00. The molecule has 6 nitrogen and oxygen atoms in total. The average molecular weight is 358 g/mol. The molecule has 7 heteroatoms. The molecular weight excluding hydrogens is 340 g/mol. The standard InChI is InChI=1S/C18H18N2O4S/c1-2-3-14-8-12-4-5-20-15(17(12)25-14)9-16(19-18(20)21)24-11-13-10-22-6-7-23-13/h8-9,13H,4-7,10-11H2,1H3/t13-/m0/s1. The second-order valence-corrected chi connectivity index (χ2v) is 6.93. The van der Waals surface area contributed by atoms with E-state index < -0.39 is 0 Å². The molecule has 0 saturated carbocycles. The molecule has 0 amide bonds. The Morgan fingerprint density at radius 2 is 2.36 bits per heavy atom. The van der Waals surface area contributed by atoms with Gasteiger partial charge in [0.15, 0.2) is 0 Å². The maximum absolute atomic E-state index is 12.4. The lowest BCUT2D eigenvalue weighted by atomic mass is 10.1. The van der Waals surface area contributed by atoms with Gasteiger partial charge in [-0.2, -0.15) is 4.98 Å². The smallest absolute Gasteiger partial charge is 0.351 e. The van der Waals surface area contributed by atoms with Gasteiger partial charge in [-0.15, -0.1) is 17.3 Å². The molecule has 0 N–H and O–H groups in total. The zero-order valence-electron chi connectivity index (χ0n) is 13.9. The van der Waals surface area contributed by atoms with Crippen LogP contribution < -0.4 is 10.4 Å². The number of ether oxygens (including phenoxy) is 3. The SMILES string of the molecule is CC#Cc1cc2c(s1)-c1cc(OC[C@@H]3COCCO3)nc(=O)n1CC2. The third-order valence-electron chi connectivity index (χ3n) is 4.18. The van der Waals surface area contributed by atoms with Gasteiger partial charge in [-0.3, -0.25) is 4.57 Å². The molecule has 2 aliphatic rings. The largest absolute Gasteiger partial charge is 0.475 e. The molecule has 1 saturated heterocycles. The Kier molecular flexibility index (Phi) is 4.57. The molecule has 0 bridgehead atoms. The maximum Gasteiger partial charge on any atom is 0.351 e. The van der Waals surface area contributed by atoms with Gasteiger partial charge in [0.2, 0.25) is 5.88 Å². The lowest BCUT2D eigenvalue weighted by Crippen LogP contribution is -2.34. The third kappa shape index (κ3) is 3.33. The quantitative estimate of drug-likeness (QED) is 0.782. The highest BCUT2D eigenvalue weighted by Crippen LogP contribution is 2.36. The van der Waals surface area contributed by atoms with Gasteiger partial charge in [0, 0.05) is 12.6 Å². The van der Waals surface area contributed by atoms with E-state index in [1.165, 1.54) is 5.56 Å². The molecule has 1 atom stereocenters. The summed E-state index contributed by atoms with van der Waals surface area (Å²) in [6.07, 6.45) is 0.692. The van der Waals surface area contributed by atoms with Gasteiger partial charge >= 0.3 is 5.69 Å². The van der Waals surface area contributed by atoms with Crippen LogP contribution in [0.1, 0.15) is 17.4 Å². The van der Waals surface area contributed by atoms with E-state index in [1.807, 2.05) is 13.0 Å². The summed E-state index contributed by atoms with van der Waals surface area (Å²) in [4.78, 5) is 18.5. The molecule has 2 aromatic heterocycles. The van der Waals surface area contributed by atoms with E-state index in [4.69, 9.17) is 14.2 Å². The van der Waals surface area contributed by atoms with E-state index in [0.717, 1.165) is 21.9 Å². The highest BCUT2D eigenvalue weighted by molar-refractivity contribution is 7.16. The first-order valence-corrected chi connectivity index (χ1v) is 9.06. The monoisotopic (exact) mass is 358 g/mol. The first-order chi connectivity index (χ1) is 12.2. The van der Waals surface area contributed by atoms with Crippen LogP contribution in [0.15, 0.2) is 16.9 Å². The molecule has 0 aromatic carbocycles. The fourth-order valence-corrected chi connectivity index (χ4v) is 4.16. The minimum Gasteiger partial charge on any atom is -0.475 e. The summed E-state index contributed by atoms with van der Waals surface area (Å²) in [5.41, 5.74) is 1.80. The van der Waals surface area contributed by atoms with Gasteiger partial charge in [0.1, 0.15) is 12.7 Å². The molecule has 130 valence electrons. The molecule has 0 unspecified atom stereocenters. The van der Waals surface area contributed by atoms with Crippen molar-refractivity contribution in [3.8, 4) is 28.3 Å². The minimum absolute atomic E-state index is 0.127. The number of thiophene rings is 1. The first kappa shape index (κ1) is 16.3. The van der Waals surface area contributed by atoms with Crippen molar-refractivity contribution in [1.29, 1.82) is 0 Å². The molecule has 2 aromatic rings. The van der Waals surface area contributed by atoms with Crippen molar-refractivity contribution in [3.63, 3.8) is 0 Å². The molecule has 25 heavy (non-hydrogen) atoms.